The largest absolute Gasteiger partial charge is 0.0952 e. The summed E-state index contributed by atoms with van der Waals surface area (Å²) in [6.07, 6.45) is 0.929. The minimum atomic E-state index is 0.587. The highest BCUT2D eigenvalue weighted by molar-refractivity contribution is 6.42. The van der Waals surface area contributed by atoms with Gasteiger partial charge in [-0.05, 0) is 29.7 Å². The van der Waals surface area contributed by atoms with Crippen LogP contribution in [0.5, 0.6) is 0 Å². The first-order valence-electron chi connectivity index (χ1n) is 3.78. The first-order valence-corrected chi connectivity index (χ1v) is 4.54. The molecule has 0 radical (unpaired) electrons. The number of benzene rings is 1. The molecule has 1 aromatic rings. The summed E-state index contributed by atoms with van der Waals surface area (Å²) in [6.45, 7) is 5.97. The molecular formula is C10H10Cl2. The van der Waals surface area contributed by atoms with Gasteiger partial charge in [-0.2, -0.15) is 0 Å². The highest BCUT2D eigenvalue weighted by atomic mass is 35.5. The maximum Gasteiger partial charge on any atom is 0.0598 e. The van der Waals surface area contributed by atoms with Crippen LogP contribution in [-0.2, 0) is 0 Å². The van der Waals surface area contributed by atoms with Crippen molar-refractivity contribution >= 4 is 28.8 Å². The van der Waals surface area contributed by atoms with Gasteiger partial charge in [0.1, 0.15) is 0 Å². The molecule has 0 saturated heterocycles. The number of hydrogen-bond donors (Lipinski definition) is 0. The third-order valence-corrected chi connectivity index (χ3v) is 2.49. The van der Waals surface area contributed by atoms with Gasteiger partial charge in [0.2, 0.25) is 0 Å². The number of allylic oxidation sites excluding steroid dienone is 1. The number of rotatable bonds is 2. The fourth-order valence-electron chi connectivity index (χ4n) is 0.920. The summed E-state index contributed by atoms with van der Waals surface area (Å²) in [5, 5.41) is 1.17. The third kappa shape index (κ3) is 2.02. The molecule has 0 atom stereocenters. The summed E-state index contributed by atoms with van der Waals surface area (Å²) in [5.41, 5.74) is 2.14. The van der Waals surface area contributed by atoms with E-state index in [1.807, 2.05) is 12.1 Å². The van der Waals surface area contributed by atoms with Gasteiger partial charge < -0.3 is 0 Å². The standard InChI is InChI=1S/C10H10Cl2/c1-3-7(2)8-4-5-9(11)10(12)6-8/h4-6H,2-3H2,1H3. The van der Waals surface area contributed by atoms with Crippen LogP contribution in [0.4, 0.5) is 0 Å². The Hall–Kier alpha value is -0.460. The molecule has 0 fully saturated rings. The smallest absolute Gasteiger partial charge is 0.0598 e. The Bertz CT molecular complexity index is 303. The average molecular weight is 201 g/mol. The van der Waals surface area contributed by atoms with Gasteiger partial charge in [0.15, 0.2) is 0 Å². The molecule has 0 nitrogen and oxygen atoms in total. The van der Waals surface area contributed by atoms with Gasteiger partial charge in [0.05, 0.1) is 10.0 Å². The van der Waals surface area contributed by atoms with E-state index >= 15 is 0 Å². The zero-order valence-electron chi connectivity index (χ0n) is 6.90. The van der Waals surface area contributed by atoms with Gasteiger partial charge in [-0.3, -0.25) is 0 Å². The van der Waals surface area contributed by atoms with Crippen molar-refractivity contribution in [1.82, 2.24) is 0 Å². The Balaban J connectivity index is 3.05. The molecule has 1 aromatic carbocycles. The molecule has 0 amide bonds. The molecule has 0 saturated carbocycles. The second kappa shape index (κ2) is 3.97. The van der Waals surface area contributed by atoms with E-state index in [1.54, 1.807) is 6.07 Å². The fraction of sp³-hybridized carbons (Fsp3) is 0.200. The summed E-state index contributed by atoms with van der Waals surface area (Å²) in [5.74, 6) is 0. The van der Waals surface area contributed by atoms with Crippen molar-refractivity contribution in [3.05, 3.63) is 40.4 Å². The predicted molar refractivity (Wildman–Crippen MR) is 55.8 cm³/mol. The Morgan fingerprint density at radius 1 is 1.33 bits per heavy atom. The topological polar surface area (TPSA) is 0 Å². The zero-order chi connectivity index (χ0) is 9.14. The quantitative estimate of drug-likeness (QED) is 0.664. The lowest BCUT2D eigenvalue weighted by Crippen LogP contribution is -1.80. The van der Waals surface area contributed by atoms with Crippen molar-refractivity contribution in [3.63, 3.8) is 0 Å². The molecule has 2 heteroatoms. The first-order chi connectivity index (χ1) is 5.65. The van der Waals surface area contributed by atoms with E-state index in [0.29, 0.717) is 10.0 Å². The van der Waals surface area contributed by atoms with Crippen molar-refractivity contribution < 1.29 is 0 Å². The number of hydrogen-bond acceptors (Lipinski definition) is 0. The van der Waals surface area contributed by atoms with Crippen LogP contribution < -0.4 is 0 Å². The van der Waals surface area contributed by atoms with Crippen LogP contribution >= 0.6 is 23.2 Å². The molecule has 1 rings (SSSR count). The van der Waals surface area contributed by atoms with Crippen LogP contribution in [0.25, 0.3) is 5.57 Å². The first kappa shape index (κ1) is 9.63. The van der Waals surface area contributed by atoms with Gasteiger partial charge in [0, 0.05) is 0 Å². The zero-order valence-corrected chi connectivity index (χ0v) is 8.41. The summed E-state index contributed by atoms with van der Waals surface area (Å²) in [4.78, 5) is 0. The van der Waals surface area contributed by atoms with E-state index in [1.165, 1.54) is 0 Å². The summed E-state index contributed by atoms with van der Waals surface area (Å²) >= 11 is 11.6. The number of halogens is 2. The van der Waals surface area contributed by atoms with Gasteiger partial charge in [-0.25, -0.2) is 0 Å². The van der Waals surface area contributed by atoms with Crippen molar-refractivity contribution in [2.75, 3.05) is 0 Å². The van der Waals surface area contributed by atoms with Crippen LogP contribution in [0.2, 0.25) is 10.0 Å². The lowest BCUT2D eigenvalue weighted by Gasteiger charge is -2.03. The average Bonchev–Trinajstić information content (AvgIpc) is 2.08. The highest BCUT2D eigenvalue weighted by Gasteiger charge is 2.00. The van der Waals surface area contributed by atoms with Crippen molar-refractivity contribution in [2.45, 2.75) is 13.3 Å². The van der Waals surface area contributed by atoms with Crippen molar-refractivity contribution in [3.8, 4) is 0 Å². The molecule has 0 unspecified atom stereocenters. The van der Waals surface area contributed by atoms with Crippen LogP contribution in [0.1, 0.15) is 18.9 Å². The van der Waals surface area contributed by atoms with Gasteiger partial charge >= 0.3 is 0 Å². The minimum absolute atomic E-state index is 0.587. The Morgan fingerprint density at radius 3 is 2.50 bits per heavy atom. The molecule has 0 aliphatic carbocycles. The molecule has 0 heterocycles. The van der Waals surface area contributed by atoms with Gasteiger partial charge in [-0.1, -0.05) is 42.8 Å². The normalized spacial score (nSPS) is 9.92. The van der Waals surface area contributed by atoms with E-state index in [0.717, 1.165) is 17.6 Å². The molecule has 0 aliphatic rings. The highest BCUT2D eigenvalue weighted by Crippen LogP contribution is 2.26. The SMILES string of the molecule is C=C(CC)c1ccc(Cl)c(Cl)c1. The van der Waals surface area contributed by atoms with Crippen molar-refractivity contribution in [2.24, 2.45) is 0 Å². The van der Waals surface area contributed by atoms with Crippen LogP contribution in [0.3, 0.4) is 0 Å². The Kier molecular flexibility index (Phi) is 3.19. The maximum absolute atomic E-state index is 5.84. The molecule has 0 spiro atoms. The van der Waals surface area contributed by atoms with E-state index in [4.69, 9.17) is 23.2 Å². The molecule has 0 aliphatic heterocycles. The summed E-state index contributed by atoms with van der Waals surface area (Å²) < 4.78 is 0. The van der Waals surface area contributed by atoms with Crippen LogP contribution in [0.15, 0.2) is 24.8 Å². The van der Waals surface area contributed by atoms with Crippen LogP contribution in [0, 0.1) is 0 Å². The monoisotopic (exact) mass is 200 g/mol. The van der Waals surface area contributed by atoms with Crippen molar-refractivity contribution in [1.29, 1.82) is 0 Å². The second-order valence-electron chi connectivity index (χ2n) is 2.59. The lowest BCUT2D eigenvalue weighted by atomic mass is 10.1. The van der Waals surface area contributed by atoms with Crippen LogP contribution in [-0.4, -0.2) is 0 Å². The maximum atomic E-state index is 5.84. The molecule has 64 valence electrons. The third-order valence-electron chi connectivity index (χ3n) is 1.75. The fourth-order valence-corrected chi connectivity index (χ4v) is 1.22. The van der Waals surface area contributed by atoms with E-state index < -0.39 is 0 Å². The lowest BCUT2D eigenvalue weighted by molar-refractivity contribution is 1.24. The van der Waals surface area contributed by atoms with E-state index in [-0.39, 0.29) is 0 Å². The van der Waals surface area contributed by atoms with Gasteiger partial charge in [-0.15, -0.1) is 0 Å². The Morgan fingerprint density at radius 2 is 2.00 bits per heavy atom. The van der Waals surface area contributed by atoms with Gasteiger partial charge in [0.25, 0.3) is 0 Å². The van der Waals surface area contributed by atoms with E-state index in [2.05, 4.69) is 13.5 Å². The summed E-state index contributed by atoms with van der Waals surface area (Å²) in [6, 6.07) is 5.57. The predicted octanol–water partition coefficient (Wildman–Crippen LogP) is 4.42. The second-order valence-corrected chi connectivity index (χ2v) is 3.40. The summed E-state index contributed by atoms with van der Waals surface area (Å²) in [7, 11) is 0. The molecule has 0 bridgehead atoms. The molecule has 0 aromatic heterocycles. The molecular weight excluding hydrogens is 191 g/mol. The van der Waals surface area contributed by atoms with E-state index in [9.17, 15) is 0 Å². The Labute approximate surface area is 82.8 Å². The minimum Gasteiger partial charge on any atom is -0.0952 e. The molecule has 0 N–H and O–H groups in total. The molecule has 12 heavy (non-hydrogen) atoms.